The number of fused-ring (bicyclic) bond motifs is 1. The van der Waals surface area contributed by atoms with Gasteiger partial charge in [0, 0.05) is 0 Å². The highest BCUT2D eigenvalue weighted by Gasteiger charge is 2.58. The van der Waals surface area contributed by atoms with Crippen molar-refractivity contribution in [3.8, 4) is 0 Å². The summed E-state index contributed by atoms with van der Waals surface area (Å²) in [6.45, 7) is -1.17. The molecular formula is C21H25NO11. The Morgan fingerprint density at radius 1 is 1.18 bits per heavy atom. The lowest BCUT2D eigenvalue weighted by Crippen LogP contribution is -2.47. The Hall–Kier alpha value is -2.80. The van der Waals surface area contributed by atoms with E-state index in [4.69, 9.17) is 14.2 Å². The Morgan fingerprint density at radius 2 is 1.91 bits per heavy atom. The number of nitrogens with zero attached hydrogens (tertiary/aromatic N) is 1. The monoisotopic (exact) mass is 467 g/mol. The maximum atomic E-state index is 13.2. The lowest BCUT2D eigenvalue weighted by molar-refractivity contribution is -0.763. The number of aliphatic hydroxyl groups excluding tert-OH is 1. The molecular weight excluding hydrogens is 442 g/mol. The number of aliphatic hydroxyl groups is 2. The van der Waals surface area contributed by atoms with Crippen molar-refractivity contribution < 1.29 is 49.0 Å². The molecule has 2 aliphatic heterocycles. The van der Waals surface area contributed by atoms with Crippen LogP contribution in [0.1, 0.15) is 69.9 Å². The Balaban J connectivity index is 1.69. The highest BCUT2D eigenvalue weighted by molar-refractivity contribution is 5.96. The van der Waals surface area contributed by atoms with E-state index in [9.17, 15) is 35.0 Å². The number of carbonyl (C=O) groups is 2. The first-order valence-corrected chi connectivity index (χ1v) is 10.7. The lowest BCUT2D eigenvalue weighted by Gasteiger charge is -2.29. The van der Waals surface area contributed by atoms with Gasteiger partial charge in [0.05, 0.1) is 17.7 Å². The molecule has 1 saturated carbocycles. The van der Waals surface area contributed by atoms with Gasteiger partial charge in [-0.2, -0.15) is 0 Å². The second kappa shape index (κ2) is 9.21. The molecule has 3 aliphatic rings. The van der Waals surface area contributed by atoms with Crippen LogP contribution in [0.25, 0.3) is 0 Å². The first-order valence-electron chi connectivity index (χ1n) is 10.7. The summed E-state index contributed by atoms with van der Waals surface area (Å²) in [6.07, 6.45) is 1.40. The van der Waals surface area contributed by atoms with E-state index < -0.39 is 54.3 Å². The predicted molar refractivity (Wildman–Crippen MR) is 107 cm³/mol. The van der Waals surface area contributed by atoms with Crippen LogP contribution in [0, 0.1) is 10.1 Å². The molecule has 33 heavy (non-hydrogen) atoms. The molecule has 0 spiro atoms. The molecule has 4 atom stereocenters. The first kappa shape index (κ1) is 23.4. The van der Waals surface area contributed by atoms with Crippen molar-refractivity contribution in [2.24, 2.45) is 0 Å². The van der Waals surface area contributed by atoms with E-state index in [2.05, 4.69) is 4.84 Å². The van der Waals surface area contributed by atoms with Crippen molar-refractivity contribution in [1.82, 2.24) is 0 Å². The number of benzene rings is 1. The number of carbonyl (C=O) groups excluding carboxylic acids is 1. The molecule has 0 radical (unpaired) electrons. The van der Waals surface area contributed by atoms with Gasteiger partial charge in [-0.15, -0.1) is 10.1 Å². The van der Waals surface area contributed by atoms with E-state index in [1.807, 2.05) is 0 Å². The van der Waals surface area contributed by atoms with Gasteiger partial charge in [0.15, 0.2) is 6.10 Å². The van der Waals surface area contributed by atoms with Gasteiger partial charge in [0.25, 0.3) is 10.9 Å². The van der Waals surface area contributed by atoms with Gasteiger partial charge in [0.2, 0.25) is 0 Å². The number of esters is 1. The molecule has 2 saturated heterocycles. The molecule has 1 aliphatic carbocycles. The molecule has 12 nitrogen and oxygen atoms in total. The lowest BCUT2D eigenvalue weighted by atomic mass is 9.80. The van der Waals surface area contributed by atoms with Crippen molar-refractivity contribution in [2.75, 3.05) is 13.2 Å². The molecule has 180 valence electrons. The first-order chi connectivity index (χ1) is 15.7. The Morgan fingerprint density at radius 3 is 2.58 bits per heavy atom. The van der Waals surface area contributed by atoms with Gasteiger partial charge in [-0.1, -0.05) is 19.3 Å². The zero-order chi connectivity index (χ0) is 23.8. The molecule has 1 aromatic rings. The number of aromatic carboxylic acids is 1. The summed E-state index contributed by atoms with van der Waals surface area (Å²) in [5, 5.41) is 40.0. The molecule has 0 amide bonds. The van der Waals surface area contributed by atoms with E-state index in [1.165, 1.54) is 12.1 Å². The van der Waals surface area contributed by atoms with Crippen molar-refractivity contribution in [3.05, 3.63) is 44.5 Å². The minimum Gasteiger partial charge on any atom is -0.478 e. The Bertz CT molecular complexity index is 944. The number of carboxylic acid groups (broad SMARTS) is 1. The Kier molecular flexibility index (Phi) is 6.52. The standard InChI is InChI=1S/C21H25NO11/c23-16-9-30-18-17(16)31-10-21(18,27)33-20(26)15-6-12(8-32-22(28)29)14(19(24)25)7-13(15)11-4-2-1-3-5-11/h6-7,11,16-18,23,27H,1-5,8-10H2,(H,24,25)/t16-,17-,18+,21+/m1/s1. The quantitative estimate of drug-likeness (QED) is 0.227. The zero-order valence-corrected chi connectivity index (χ0v) is 17.7. The molecule has 0 aromatic heterocycles. The molecule has 12 heteroatoms. The van der Waals surface area contributed by atoms with Gasteiger partial charge in [-0.05, 0) is 42.0 Å². The number of ether oxygens (including phenoxy) is 3. The molecule has 1 aromatic carbocycles. The van der Waals surface area contributed by atoms with E-state index in [0.717, 1.165) is 32.1 Å². The van der Waals surface area contributed by atoms with Crippen LogP contribution in [-0.4, -0.2) is 69.7 Å². The number of carboxylic acids is 1. The van der Waals surface area contributed by atoms with E-state index in [1.54, 1.807) is 0 Å². The number of hydrogen-bond acceptors (Lipinski definition) is 10. The normalized spacial score (nSPS) is 29.5. The number of hydrogen-bond donors (Lipinski definition) is 3. The van der Waals surface area contributed by atoms with Crippen molar-refractivity contribution in [2.45, 2.75) is 68.7 Å². The fraction of sp³-hybridized carbons (Fsp3) is 0.619. The maximum absolute atomic E-state index is 13.2. The maximum Gasteiger partial charge on any atom is 0.341 e. The SMILES string of the molecule is O=C(O)c1cc(C2CCCCC2)c(C(=O)O[C@@]2(O)CO[C@@H]3[C@H](O)CO[C@@H]32)cc1CO[N+](=O)[O-]. The smallest absolute Gasteiger partial charge is 0.341 e. The fourth-order valence-corrected chi connectivity index (χ4v) is 4.81. The Labute approximate surface area is 188 Å². The predicted octanol–water partition coefficient (Wildman–Crippen LogP) is 1.14. The van der Waals surface area contributed by atoms with E-state index in [-0.39, 0.29) is 29.2 Å². The summed E-state index contributed by atoms with van der Waals surface area (Å²) >= 11 is 0. The highest BCUT2D eigenvalue weighted by atomic mass is 16.9. The molecule has 3 N–H and O–H groups in total. The summed E-state index contributed by atoms with van der Waals surface area (Å²) in [4.78, 5) is 40.1. The third-order valence-corrected chi connectivity index (χ3v) is 6.42. The molecule has 0 bridgehead atoms. The minimum atomic E-state index is -2.15. The van der Waals surface area contributed by atoms with Crippen molar-refractivity contribution in [1.29, 1.82) is 0 Å². The summed E-state index contributed by atoms with van der Waals surface area (Å²) in [5.41, 5.74) is 0.141. The highest BCUT2D eigenvalue weighted by Crippen LogP contribution is 2.39. The molecule has 0 unspecified atom stereocenters. The molecule has 2 heterocycles. The summed E-state index contributed by atoms with van der Waals surface area (Å²) in [7, 11) is 0. The van der Waals surface area contributed by atoms with Crippen LogP contribution >= 0.6 is 0 Å². The van der Waals surface area contributed by atoms with Crippen LogP contribution < -0.4 is 0 Å². The van der Waals surface area contributed by atoms with Gasteiger partial charge in [0.1, 0.15) is 25.4 Å². The zero-order valence-electron chi connectivity index (χ0n) is 17.7. The van der Waals surface area contributed by atoms with Gasteiger partial charge >= 0.3 is 11.9 Å². The average molecular weight is 467 g/mol. The summed E-state index contributed by atoms with van der Waals surface area (Å²) < 4.78 is 16.1. The van der Waals surface area contributed by atoms with Crippen LogP contribution in [-0.2, 0) is 25.7 Å². The van der Waals surface area contributed by atoms with Crippen molar-refractivity contribution >= 4 is 11.9 Å². The second-order valence-corrected chi connectivity index (χ2v) is 8.56. The summed E-state index contributed by atoms with van der Waals surface area (Å²) in [6, 6.07) is 2.54. The van der Waals surface area contributed by atoms with Crippen LogP contribution in [0.5, 0.6) is 0 Å². The third-order valence-electron chi connectivity index (χ3n) is 6.42. The average Bonchev–Trinajstić information content (AvgIpc) is 3.32. The third kappa shape index (κ3) is 4.64. The van der Waals surface area contributed by atoms with Crippen LogP contribution in [0.3, 0.4) is 0 Å². The van der Waals surface area contributed by atoms with Gasteiger partial charge in [-0.25, -0.2) is 9.59 Å². The van der Waals surface area contributed by atoms with Crippen LogP contribution in [0.4, 0.5) is 0 Å². The second-order valence-electron chi connectivity index (χ2n) is 8.56. The fourth-order valence-electron chi connectivity index (χ4n) is 4.81. The van der Waals surface area contributed by atoms with E-state index in [0.29, 0.717) is 5.56 Å². The molecule has 3 fully saturated rings. The van der Waals surface area contributed by atoms with Gasteiger partial charge in [-0.3, -0.25) is 0 Å². The minimum absolute atomic E-state index is 0.00994. The van der Waals surface area contributed by atoms with Crippen molar-refractivity contribution in [3.63, 3.8) is 0 Å². The number of rotatable bonds is 7. The van der Waals surface area contributed by atoms with Crippen LogP contribution in [0.15, 0.2) is 12.1 Å². The summed E-state index contributed by atoms with van der Waals surface area (Å²) in [5.74, 6) is -4.53. The molecule has 4 rings (SSSR count). The van der Waals surface area contributed by atoms with E-state index >= 15 is 0 Å². The largest absolute Gasteiger partial charge is 0.478 e. The van der Waals surface area contributed by atoms with Gasteiger partial charge < -0.3 is 34.4 Å². The van der Waals surface area contributed by atoms with Crippen LogP contribution in [0.2, 0.25) is 0 Å². The topological polar surface area (TPSA) is 175 Å².